The standard InChI is InChI=1S/C21H23NO3/c1-14-6-11-18(22-20(23)12-15-4-2-3-5-15)13-19(14)16-7-9-17(10-8-16)21(24)25/h6-11,13,15H,2-5,12H2,1H3,(H,22,23)(H,24,25). The highest BCUT2D eigenvalue weighted by molar-refractivity contribution is 5.92. The van der Waals surface area contributed by atoms with Crippen molar-refractivity contribution in [1.82, 2.24) is 0 Å². The zero-order valence-electron chi connectivity index (χ0n) is 14.4. The lowest BCUT2D eigenvalue weighted by atomic mass is 9.98. The molecule has 0 spiro atoms. The number of carbonyl (C=O) groups excluding carboxylic acids is 1. The summed E-state index contributed by atoms with van der Waals surface area (Å²) in [5.41, 5.74) is 4.06. The Morgan fingerprint density at radius 3 is 2.40 bits per heavy atom. The lowest BCUT2D eigenvalue weighted by Gasteiger charge is -2.12. The molecule has 0 saturated heterocycles. The number of benzene rings is 2. The molecule has 1 saturated carbocycles. The summed E-state index contributed by atoms with van der Waals surface area (Å²) in [5, 5.41) is 12.0. The van der Waals surface area contributed by atoms with Crippen LogP contribution in [0.1, 0.15) is 48.0 Å². The number of carboxylic acids is 1. The van der Waals surface area contributed by atoms with Gasteiger partial charge < -0.3 is 10.4 Å². The minimum Gasteiger partial charge on any atom is -0.478 e. The summed E-state index contributed by atoms with van der Waals surface area (Å²) >= 11 is 0. The Hall–Kier alpha value is -2.62. The summed E-state index contributed by atoms with van der Waals surface area (Å²) in [6, 6.07) is 12.6. The van der Waals surface area contributed by atoms with Gasteiger partial charge in [-0.15, -0.1) is 0 Å². The van der Waals surface area contributed by atoms with Gasteiger partial charge in [0.05, 0.1) is 5.56 Å². The minimum absolute atomic E-state index is 0.0722. The summed E-state index contributed by atoms with van der Waals surface area (Å²) in [6.45, 7) is 2.00. The average molecular weight is 337 g/mol. The molecular weight excluding hydrogens is 314 g/mol. The molecule has 4 nitrogen and oxygen atoms in total. The van der Waals surface area contributed by atoms with Crippen molar-refractivity contribution in [3.63, 3.8) is 0 Å². The van der Waals surface area contributed by atoms with Crippen LogP contribution in [-0.4, -0.2) is 17.0 Å². The van der Waals surface area contributed by atoms with E-state index in [4.69, 9.17) is 5.11 Å². The number of hydrogen-bond donors (Lipinski definition) is 2. The van der Waals surface area contributed by atoms with Crippen LogP contribution in [0.3, 0.4) is 0 Å². The molecule has 0 heterocycles. The van der Waals surface area contributed by atoms with Crippen molar-refractivity contribution in [3.8, 4) is 11.1 Å². The number of anilines is 1. The first-order valence-corrected chi connectivity index (χ1v) is 8.77. The first kappa shape index (κ1) is 17.2. The smallest absolute Gasteiger partial charge is 0.335 e. The predicted molar refractivity (Wildman–Crippen MR) is 98.8 cm³/mol. The van der Waals surface area contributed by atoms with Crippen LogP contribution in [0.25, 0.3) is 11.1 Å². The van der Waals surface area contributed by atoms with Crippen LogP contribution in [0.4, 0.5) is 5.69 Å². The van der Waals surface area contributed by atoms with Crippen molar-refractivity contribution in [3.05, 3.63) is 53.6 Å². The van der Waals surface area contributed by atoms with Gasteiger partial charge in [-0.3, -0.25) is 4.79 Å². The summed E-state index contributed by atoms with van der Waals surface area (Å²) in [4.78, 5) is 23.2. The number of amides is 1. The Kier molecular flexibility index (Phi) is 5.17. The quantitative estimate of drug-likeness (QED) is 0.817. The van der Waals surface area contributed by atoms with Crippen molar-refractivity contribution < 1.29 is 14.7 Å². The Bertz CT molecular complexity index is 774. The van der Waals surface area contributed by atoms with E-state index in [1.165, 1.54) is 12.8 Å². The van der Waals surface area contributed by atoms with Crippen LogP contribution in [0.5, 0.6) is 0 Å². The number of carboxylic acid groups (broad SMARTS) is 1. The fraction of sp³-hybridized carbons (Fsp3) is 0.333. The highest BCUT2D eigenvalue weighted by Crippen LogP contribution is 2.29. The van der Waals surface area contributed by atoms with E-state index < -0.39 is 5.97 Å². The maximum absolute atomic E-state index is 12.2. The van der Waals surface area contributed by atoms with Gasteiger partial charge in [-0.25, -0.2) is 4.79 Å². The first-order valence-electron chi connectivity index (χ1n) is 8.77. The lowest BCUT2D eigenvalue weighted by Crippen LogP contribution is -2.15. The molecule has 3 rings (SSSR count). The van der Waals surface area contributed by atoms with Crippen molar-refractivity contribution in [2.24, 2.45) is 5.92 Å². The summed E-state index contributed by atoms with van der Waals surface area (Å²) < 4.78 is 0. The molecule has 1 aliphatic carbocycles. The largest absolute Gasteiger partial charge is 0.478 e. The topological polar surface area (TPSA) is 66.4 Å². The molecule has 25 heavy (non-hydrogen) atoms. The van der Waals surface area contributed by atoms with Gasteiger partial charge in [-0.1, -0.05) is 31.0 Å². The zero-order chi connectivity index (χ0) is 17.8. The van der Waals surface area contributed by atoms with Crippen molar-refractivity contribution in [1.29, 1.82) is 0 Å². The van der Waals surface area contributed by atoms with Crippen LogP contribution in [0, 0.1) is 12.8 Å². The zero-order valence-corrected chi connectivity index (χ0v) is 14.4. The van der Waals surface area contributed by atoms with Crippen molar-refractivity contribution >= 4 is 17.6 Å². The van der Waals surface area contributed by atoms with Gasteiger partial charge in [0.1, 0.15) is 0 Å². The van der Waals surface area contributed by atoms with E-state index in [9.17, 15) is 9.59 Å². The number of aromatic carboxylic acids is 1. The van der Waals surface area contributed by atoms with E-state index in [1.54, 1.807) is 24.3 Å². The fourth-order valence-electron chi connectivity index (χ4n) is 3.49. The van der Waals surface area contributed by atoms with Gasteiger partial charge in [-0.2, -0.15) is 0 Å². The highest BCUT2D eigenvalue weighted by Gasteiger charge is 2.18. The number of rotatable bonds is 5. The van der Waals surface area contributed by atoms with Crippen LogP contribution >= 0.6 is 0 Å². The van der Waals surface area contributed by atoms with Crippen molar-refractivity contribution in [2.75, 3.05) is 5.32 Å². The Morgan fingerprint density at radius 2 is 1.76 bits per heavy atom. The predicted octanol–water partition coefficient (Wildman–Crippen LogP) is 4.88. The van der Waals surface area contributed by atoms with E-state index in [0.717, 1.165) is 35.2 Å². The van der Waals surface area contributed by atoms with Crippen LogP contribution in [-0.2, 0) is 4.79 Å². The van der Waals surface area contributed by atoms with E-state index in [0.29, 0.717) is 12.3 Å². The highest BCUT2D eigenvalue weighted by atomic mass is 16.4. The lowest BCUT2D eigenvalue weighted by molar-refractivity contribution is -0.117. The third-order valence-electron chi connectivity index (χ3n) is 4.91. The molecule has 2 aromatic rings. The third-order valence-corrected chi connectivity index (χ3v) is 4.91. The molecule has 1 aliphatic rings. The molecule has 2 N–H and O–H groups in total. The molecule has 0 unspecified atom stereocenters. The molecule has 0 aliphatic heterocycles. The molecule has 130 valence electrons. The van der Waals surface area contributed by atoms with Crippen LogP contribution in [0.15, 0.2) is 42.5 Å². The number of hydrogen-bond acceptors (Lipinski definition) is 2. The maximum Gasteiger partial charge on any atom is 0.335 e. The van der Waals surface area contributed by atoms with Gasteiger partial charge in [0.15, 0.2) is 0 Å². The molecule has 0 aromatic heterocycles. The second-order valence-electron chi connectivity index (χ2n) is 6.81. The molecule has 1 amide bonds. The molecule has 0 bridgehead atoms. The summed E-state index contributed by atoms with van der Waals surface area (Å²) in [7, 11) is 0. The van der Waals surface area contributed by atoms with E-state index >= 15 is 0 Å². The summed E-state index contributed by atoms with van der Waals surface area (Å²) in [6.07, 6.45) is 5.37. The van der Waals surface area contributed by atoms with E-state index in [-0.39, 0.29) is 11.5 Å². The second kappa shape index (κ2) is 7.51. The van der Waals surface area contributed by atoms with E-state index in [2.05, 4.69) is 5.32 Å². The average Bonchev–Trinajstić information content (AvgIpc) is 3.09. The number of aryl methyl sites for hydroxylation is 1. The molecule has 1 fully saturated rings. The first-order chi connectivity index (χ1) is 12.0. The van der Waals surface area contributed by atoms with Crippen LogP contribution in [0.2, 0.25) is 0 Å². The van der Waals surface area contributed by atoms with E-state index in [1.807, 2.05) is 25.1 Å². The summed E-state index contributed by atoms with van der Waals surface area (Å²) in [5.74, 6) is -0.340. The third kappa shape index (κ3) is 4.27. The van der Waals surface area contributed by atoms with Crippen LogP contribution < -0.4 is 5.32 Å². The Balaban J connectivity index is 1.75. The maximum atomic E-state index is 12.2. The van der Waals surface area contributed by atoms with Gasteiger partial charge in [0, 0.05) is 12.1 Å². The Labute approximate surface area is 147 Å². The molecule has 0 atom stereocenters. The Morgan fingerprint density at radius 1 is 1.08 bits per heavy atom. The number of carbonyl (C=O) groups is 2. The fourth-order valence-corrected chi connectivity index (χ4v) is 3.49. The van der Waals surface area contributed by atoms with Gasteiger partial charge >= 0.3 is 5.97 Å². The minimum atomic E-state index is -0.934. The normalized spacial score (nSPS) is 14.4. The van der Waals surface area contributed by atoms with Gasteiger partial charge in [0.25, 0.3) is 0 Å². The monoisotopic (exact) mass is 337 g/mol. The molecule has 2 aromatic carbocycles. The van der Waals surface area contributed by atoms with Crippen molar-refractivity contribution in [2.45, 2.75) is 39.0 Å². The SMILES string of the molecule is Cc1ccc(NC(=O)CC2CCCC2)cc1-c1ccc(C(=O)O)cc1. The molecule has 0 radical (unpaired) electrons. The number of nitrogens with one attached hydrogen (secondary N) is 1. The molecule has 4 heteroatoms. The van der Waals surface area contributed by atoms with Gasteiger partial charge in [0.2, 0.25) is 5.91 Å². The second-order valence-corrected chi connectivity index (χ2v) is 6.81. The molecular formula is C21H23NO3. The van der Waals surface area contributed by atoms with Gasteiger partial charge in [-0.05, 0) is 66.6 Å².